The van der Waals surface area contributed by atoms with Crippen molar-refractivity contribution in [2.75, 3.05) is 0 Å². The predicted molar refractivity (Wildman–Crippen MR) is 82.2 cm³/mol. The number of nitrogens with zero attached hydrogens (tertiary/aromatic N) is 3. The number of carboxylic acids is 1. The van der Waals surface area contributed by atoms with Crippen molar-refractivity contribution >= 4 is 5.97 Å². The van der Waals surface area contributed by atoms with E-state index in [9.17, 15) is 9.18 Å². The molecule has 0 saturated heterocycles. The molecule has 3 rings (SSSR count). The molecular weight excluding hydrogens is 489 g/mol. The summed E-state index contributed by atoms with van der Waals surface area (Å²) in [6.07, 6.45) is 4.69. The zero-order valence-corrected chi connectivity index (χ0v) is 15.0. The first kappa shape index (κ1) is 19.5. The van der Waals surface area contributed by atoms with Crippen LogP contribution in [0.1, 0.15) is 16.2 Å². The fourth-order valence-corrected chi connectivity index (χ4v) is 1.71. The van der Waals surface area contributed by atoms with Crippen molar-refractivity contribution in [2.45, 2.75) is 6.92 Å². The second-order valence-electron chi connectivity index (χ2n) is 4.43. The van der Waals surface area contributed by atoms with Crippen LogP contribution < -0.4 is 0 Å². The van der Waals surface area contributed by atoms with Crippen LogP contribution in [0.3, 0.4) is 0 Å². The van der Waals surface area contributed by atoms with E-state index < -0.39 is 5.97 Å². The minimum Gasteiger partial charge on any atom is -0.477 e. The van der Waals surface area contributed by atoms with Crippen molar-refractivity contribution in [2.24, 2.45) is 0 Å². The van der Waals surface area contributed by atoms with Gasteiger partial charge in [0.05, 0.1) is 0 Å². The second kappa shape index (κ2) is 9.60. The van der Waals surface area contributed by atoms with E-state index in [1.54, 1.807) is 30.6 Å². The minimum atomic E-state index is -0.990. The Labute approximate surface area is 152 Å². The Kier molecular flexibility index (Phi) is 7.82. The summed E-state index contributed by atoms with van der Waals surface area (Å²) < 4.78 is 12.6. The number of aromatic carboxylic acids is 1. The average molecular weight is 503 g/mol. The van der Waals surface area contributed by atoms with Crippen LogP contribution in [0, 0.1) is 18.8 Å². The van der Waals surface area contributed by atoms with Crippen LogP contribution in [0.15, 0.2) is 55.0 Å². The van der Waals surface area contributed by atoms with Crippen LogP contribution in [0.2, 0.25) is 0 Å². The first-order valence-electron chi connectivity index (χ1n) is 6.67. The Balaban J connectivity index is 0.000000252. The van der Waals surface area contributed by atoms with Crippen molar-refractivity contribution in [3.8, 4) is 11.3 Å². The van der Waals surface area contributed by atoms with Gasteiger partial charge in [-0.05, 0) is 19.1 Å². The number of hydrogen-bond acceptors (Lipinski definition) is 4. The van der Waals surface area contributed by atoms with E-state index in [-0.39, 0.29) is 31.6 Å². The molecular formula is C17H13FIrN3O2-. The molecule has 24 heavy (non-hydrogen) atoms. The zero-order valence-electron chi connectivity index (χ0n) is 12.6. The van der Waals surface area contributed by atoms with Gasteiger partial charge in [-0.2, -0.15) is 0 Å². The molecule has 1 aromatic carbocycles. The Hall–Kier alpha value is -2.50. The van der Waals surface area contributed by atoms with Crippen LogP contribution >= 0.6 is 0 Å². The maximum absolute atomic E-state index is 12.6. The van der Waals surface area contributed by atoms with Crippen molar-refractivity contribution in [1.29, 1.82) is 0 Å². The van der Waals surface area contributed by atoms with Crippen molar-refractivity contribution < 1.29 is 34.4 Å². The van der Waals surface area contributed by atoms with E-state index in [0.717, 1.165) is 17.0 Å². The summed E-state index contributed by atoms with van der Waals surface area (Å²) in [6.45, 7) is 1.86. The van der Waals surface area contributed by atoms with Crippen molar-refractivity contribution in [3.63, 3.8) is 0 Å². The predicted octanol–water partition coefficient (Wildman–Crippen LogP) is 3.17. The minimum absolute atomic E-state index is 0. The third kappa shape index (κ3) is 5.61. The summed E-state index contributed by atoms with van der Waals surface area (Å²) in [4.78, 5) is 22.0. The first-order chi connectivity index (χ1) is 11.1. The number of carboxylic acid groups (broad SMARTS) is 1. The van der Waals surface area contributed by atoms with Gasteiger partial charge in [0.25, 0.3) is 0 Å². The van der Waals surface area contributed by atoms with Gasteiger partial charge in [0.1, 0.15) is 5.69 Å². The monoisotopic (exact) mass is 503 g/mol. The third-order valence-electron chi connectivity index (χ3n) is 2.80. The molecule has 0 spiro atoms. The summed E-state index contributed by atoms with van der Waals surface area (Å²) in [5.41, 5.74) is 2.40. The summed E-state index contributed by atoms with van der Waals surface area (Å²) in [7, 11) is 0. The molecule has 3 aromatic rings. The van der Waals surface area contributed by atoms with Gasteiger partial charge in [0.2, 0.25) is 0 Å². The van der Waals surface area contributed by atoms with Gasteiger partial charge in [0.15, 0.2) is 0 Å². The summed E-state index contributed by atoms with van der Waals surface area (Å²) >= 11 is 0. The van der Waals surface area contributed by atoms with Gasteiger partial charge in [-0.15, -0.1) is 29.8 Å². The first-order valence-corrected chi connectivity index (χ1v) is 6.67. The molecule has 1 radical (unpaired) electrons. The van der Waals surface area contributed by atoms with Crippen LogP contribution in [0.25, 0.3) is 11.3 Å². The Morgan fingerprint density at radius 3 is 2.33 bits per heavy atom. The standard InChI is InChI=1S/C11H8FN2.C6H5NO2.Ir/c1-8-11(14-7-6-13-8)9-2-4-10(12)5-3-9;8-6(9)5-3-1-2-4-7-5;/h2,4-7H,1H3;1-4H,(H,8,9);/q-1;;. The van der Waals surface area contributed by atoms with Gasteiger partial charge in [0, 0.05) is 55.9 Å². The van der Waals surface area contributed by atoms with E-state index in [0.29, 0.717) is 0 Å². The van der Waals surface area contributed by atoms with Crippen LogP contribution in [0.4, 0.5) is 4.39 Å². The van der Waals surface area contributed by atoms with E-state index >= 15 is 0 Å². The molecule has 0 amide bonds. The van der Waals surface area contributed by atoms with Gasteiger partial charge >= 0.3 is 5.97 Å². The third-order valence-corrected chi connectivity index (χ3v) is 2.80. The van der Waals surface area contributed by atoms with Crippen molar-refractivity contribution in [1.82, 2.24) is 15.0 Å². The number of hydrogen-bond donors (Lipinski definition) is 1. The molecule has 0 bridgehead atoms. The molecule has 7 heteroatoms. The second-order valence-corrected chi connectivity index (χ2v) is 4.43. The molecule has 0 saturated carbocycles. The normalized spacial score (nSPS) is 9.25. The van der Waals surface area contributed by atoms with E-state index in [1.165, 1.54) is 24.4 Å². The number of carbonyl (C=O) groups is 1. The van der Waals surface area contributed by atoms with E-state index in [2.05, 4.69) is 21.0 Å². The maximum atomic E-state index is 12.6. The Morgan fingerprint density at radius 1 is 1.08 bits per heavy atom. The molecule has 5 nitrogen and oxygen atoms in total. The Bertz CT molecular complexity index is 783. The van der Waals surface area contributed by atoms with Gasteiger partial charge in [-0.3, -0.25) is 9.37 Å². The molecule has 0 unspecified atom stereocenters. The molecule has 0 aliphatic rings. The van der Waals surface area contributed by atoms with Gasteiger partial charge in [-0.1, -0.05) is 6.07 Å². The Morgan fingerprint density at radius 2 is 1.83 bits per heavy atom. The average Bonchev–Trinajstić information content (AvgIpc) is 2.58. The zero-order chi connectivity index (χ0) is 16.7. The number of halogens is 1. The van der Waals surface area contributed by atoms with E-state index in [4.69, 9.17) is 5.11 Å². The van der Waals surface area contributed by atoms with Crippen LogP contribution in [-0.2, 0) is 20.1 Å². The molecule has 2 heterocycles. The van der Waals surface area contributed by atoms with Gasteiger partial charge < -0.3 is 10.1 Å². The number of aromatic nitrogens is 3. The fourth-order valence-electron chi connectivity index (χ4n) is 1.71. The number of rotatable bonds is 2. The van der Waals surface area contributed by atoms with Crippen molar-refractivity contribution in [3.05, 3.63) is 78.3 Å². The number of pyridine rings is 1. The van der Waals surface area contributed by atoms with Gasteiger partial charge in [-0.25, -0.2) is 9.78 Å². The quantitative estimate of drug-likeness (QED) is 0.545. The largest absolute Gasteiger partial charge is 0.477 e. The maximum Gasteiger partial charge on any atom is 0.354 e. The molecule has 0 fully saturated rings. The molecule has 125 valence electrons. The molecule has 0 atom stereocenters. The summed E-state index contributed by atoms with van der Waals surface area (Å²) in [5, 5.41) is 8.32. The van der Waals surface area contributed by atoms with Crippen LogP contribution in [0.5, 0.6) is 0 Å². The summed E-state index contributed by atoms with van der Waals surface area (Å²) in [5.74, 6) is -1.29. The SMILES string of the molecule is Cc1nccnc1-c1[c-]cc(F)cc1.O=C(O)c1ccccn1.[Ir]. The molecule has 0 aliphatic heterocycles. The van der Waals surface area contributed by atoms with Crippen LogP contribution in [-0.4, -0.2) is 26.0 Å². The number of benzene rings is 1. The smallest absolute Gasteiger partial charge is 0.354 e. The van der Waals surface area contributed by atoms with E-state index in [1.807, 2.05) is 6.92 Å². The summed E-state index contributed by atoms with van der Waals surface area (Å²) in [6, 6.07) is 11.9. The molecule has 2 aromatic heterocycles. The fraction of sp³-hybridized carbons (Fsp3) is 0.0588. The molecule has 1 N–H and O–H groups in total. The topological polar surface area (TPSA) is 76.0 Å². The number of aryl methyl sites for hydroxylation is 1. The molecule has 0 aliphatic carbocycles.